The van der Waals surface area contributed by atoms with Gasteiger partial charge >= 0.3 is 6.18 Å². The Labute approximate surface area is 138 Å². The molecule has 1 aromatic rings. The summed E-state index contributed by atoms with van der Waals surface area (Å²) in [5.74, 6) is -0.140. The fourth-order valence-electron chi connectivity index (χ4n) is 2.72. The molecule has 1 aliphatic rings. The van der Waals surface area contributed by atoms with Crippen molar-refractivity contribution < 1.29 is 18.0 Å². The van der Waals surface area contributed by atoms with Crippen molar-refractivity contribution in [2.24, 2.45) is 5.92 Å². The zero-order valence-corrected chi connectivity index (χ0v) is 13.8. The number of hydrogen-bond acceptors (Lipinski definition) is 2. The maximum absolute atomic E-state index is 13.7. The van der Waals surface area contributed by atoms with Gasteiger partial charge in [-0.25, -0.2) is 0 Å². The Bertz CT molecular complexity index is 577. The molecular weight excluding hydrogens is 329 g/mol. The molecule has 7 heteroatoms. The van der Waals surface area contributed by atoms with E-state index in [1.807, 2.05) is 13.8 Å². The molecule has 2 unspecified atom stereocenters. The van der Waals surface area contributed by atoms with Gasteiger partial charge in [-0.05, 0) is 37.1 Å². The third kappa shape index (κ3) is 4.38. The van der Waals surface area contributed by atoms with Crippen molar-refractivity contribution in [3.05, 3.63) is 28.8 Å². The van der Waals surface area contributed by atoms with Crippen LogP contribution >= 0.6 is 11.6 Å². The number of alkyl halides is 3. The van der Waals surface area contributed by atoms with Gasteiger partial charge in [0, 0.05) is 16.3 Å². The fraction of sp³-hybridized carbons (Fsp3) is 0.562. The number of amides is 1. The minimum absolute atomic E-state index is 0.00000142. The lowest BCUT2D eigenvalue weighted by Crippen LogP contribution is -2.41. The molecule has 0 saturated carbocycles. The van der Waals surface area contributed by atoms with E-state index in [1.54, 1.807) is 0 Å². The van der Waals surface area contributed by atoms with Crippen LogP contribution in [0.25, 0.3) is 0 Å². The van der Waals surface area contributed by atoms with E-state index in [2.05, 4.69) is 5.32 Å². The van der Waals surface area contributed by atoms with Crippen molar-refractivity contribution in [1.82, 2.24) is 4.90 Å². The maximum Gasteiger partial charge on any atom is 0.408 e. The third-order valence-electron chi connectivity index (χ3n) is 4.21. The third-order valence-corrected chi connectivity index (χ3v) is 4.45. The number of nitrogens with one attached hydrogen (secondary N) is 1. The molecular formula is C16H20ClF3N2O. The second-order valence-corrected chi connectivity index (χ2v) is 6.43. The molecule has 0 bridgehead atoms. The minimum atomic E-state index is -4.48. The van der Waals surface area contributed by atoms with Gasteiger partial charge in [0.25, 0.3) is 0 Å². The molecule has 1 heterocycles. The number of carbonyl (C=O) groups excluding carboxylic acids is 1. The quantitative estimate of drug-likeness (QED) is 0.860. The highest BCUT2D eigenvalue weighted by atomic mass is 35.5. The van der Waals surface area contributed by atoms with Crippen LogP contribution in [0.15, 0.2) is 18.2 Å². The van der Waals surface area contributed by atoms with Crippen LogP contribution < -0.4 is 5.32 Å². The first-order valence-electron chi connectivity index (χ1n) is 7.62. The van der Waals surface area contributed by atoms with Crippen molar-refractivity contribution in [2.45, 2.75) is 38.9 Å². The number of anilines is 1. The lowest BCUT2D eigenvalue weighted by atomic mass is 10.0. The highest BCUT2D eigenvalue weighted by Crippen LogP contribution is 2.43. The number of nitrogens with zero attached hydrogens (tertiary/aromatic N) is 1. The molecule has 1 aromatic carbocycles. The summed E-state index contributed by atoms with van der Waals surface area (Å²) in [4.78, 5) is 13.2. The number of benzene rings is 1. The van der Waals surface area contributed by atoms with Gasteiger partial charge < -0.3 is 5.32 Å². The van der Waals surface area contributed by atoms with Gasteiger partial charge in [-0.3, -0.25) is 9.69 Å². The van der Waals surface area contributed by atoms with Crippen molar-refractivity contribution in [1.29, 1.82) is 0 Å². The first-order valence-corrected chi connectivity index (χ1v) is 8.00. The Morgan fingerprint density at radius 1 is 1.43 bits per heavy atom. The largest absolute Gasteiger partial charge is 0.408 e. The standard InChI is InChI=1S/C16H20ClF3N2O/c1-3-10(2)6-7-22-9-14(23)21-13-5-4-11(17)8-12(13)15(22)16(18,19)20/h4-5,8,10,15H,3,6-7,9H2,1-2H3,(H,21,23). The summed E-state index contributed by atoms with van der Waals surface area (Å²) in [6, 6.07) is 2.35. The Hall–Kier alpha value is -1.27. The van der Waals surface area contributed by atoms with E-state index in [-0.39, 0.29) is 29.4 Å². The number of fused-ring (bicyclic) bond motifs is 1. The van der Waals surface area contributed by atoms with Gasteiger partial charge in [-0.1, -0.05) is 31.9 Å². The van der Waals surface area contributed by atoms with Crippen LogP contribution in [0.4, 0.5) is 18.9 Å². The van der Waals surface area contributed by atoms with E-state index in [1.165, 1.54) is 23.1 Å². The van der Waals surface area contributed by atoms with E-state index >= 15 is 0 Å². The average Bonchev–Trinajstić information content (AvgIpc) is 2.59. The number of hydrogen-bond donors (Lipinski definition) is 1. The summed E-state index contributed by atoms with van der Waals surface area (Å²) in [6.07, 6.45) is -2.99. The molecule has 2 rings (SSSR count). The highest BCUT2D eigenvalue weighted by Gasteiger charge is 2.47. The SMILES string of the molecule is CCC(C)CCN1CC(=O)Nc2ccc(Cl)cc2C1C(F)(F)F. The highest BCUT2D eigenvalue weighted by molar-refractivity contribution is 6.30. The fourth-order valence-corrected chi connectivity index (χ4v) is 2.90. The Balaban J connectivity index is 2.41. The lowest BCUT2D eigenvalue weighted by Gasteiger charge is -2.32. The average molecular weight is 349 g/mol. The van der Waals surface area contributed by atoms with Crippen molar-refractivity contribution in [3.8, 4) is 0 Å². The van der Waals surface area contributed by atoms with Crippen LogP contribution in [-0.4, -0.2) is 30.1 Å². The smallest absolute Gasteiger partial charge is 0.325 e. The zero-order valence-electron chi connectivity index (χ0n) is 13.1. The summed E-state index contributed by atoms with van der Waals surface area (Å²) in [5.41, 5.74) is 0.174. The van der Waals surface area contributed by atoms with Crippen molar-refractivity contribution in [2.75, 3.05) is 18.4 Å². The topological polar surface area (TPSA) is 32.3 Å². The molecule has 1 N–H and O–H groups in total. The number of halogens is 4. The van der Waals surface area contributed by atoms with Gasteiger partial charge in [-0.15, -0.1) is 0 Å². The van der Waals surface area contributed by atoms with Gasteiger partial charge in [-0.2, -0.15) is 13.2 Å². The molecule has 128 valence electrons. The van der Waals surface area contributed by atoms with Crippen LogP contribution in [0.3, 0.4) is 0 Å². The first-order chi connectivity index (χ1) is 10.7. The molecule has 1 aliphatic heterocycles. The molecule has 0 aromatic heterocycles. The molecule has 0 spiro atoms. The van der Waals surface area contributed by atoms with E-state index in [9.17, 15) is 18.0 Å². The van der Waals surface area contributed by atoms with Crippen LogP contribution in [0, 0.1) is 5.92 Å². The molecule has 3 nitrogen and oxygen atoms in total. The number of rotatable bonds is 4. The Morgan fingerprint density at radius 2 is 2.13 bits per heavy atom. The second-order valence-electron chi connectivity index (χ2n) is 6.00. The zero-order chi connectivity index (χ0) is 17.2. The molecule has 23 heavy (non-hydrogen) atoms. The monoisotopic (exact) mass is 348 g/mol. The summed E-state index contributed by atoms with van der Waals surface area (Å²) in [6.45, 7) is 3.91. The van der Waals surface area contributed by atoms with Crippen LogP contribution in [0.2, 0.25) is 5.02 Å². The molecule has 0 fully saturated rings. The van der Waals surface area contributed by atoms with E-state index in [0.717, 1.165) is 6.42 Å². The Kier molecular flexibility index (Phi) is 5.57. The van der Waals surface area contributed by atoms with Gasteiger partial charge in [0.15, 0.2) is 0 Å². The molecule has 0 aliphatic carbocycles. The maximum atomic E-state index is 13.7. The van der Waals surface area contributed by atoms with Crippen LogP contribution in [0.1, 0.15) is 38.3 Å². The lowest BCUT2D eigenvalue weighted by molar-refractivity contribution is -0.186. The minimum Gasteiger partial charge on any atom is -0.325 e. The van der Waals surface area contributed by atoms with Crippen molar-refractivity contribution in [3.63, 3.8) is 0 Å². The predicted octanol–water partition coefficient (Wildman–Crippen LogP) is 4.63. The molecule has 0 radical (unpaired) electrons. The Morgan fingerprint density at radius 3 is 2.74 bits per heavy atom. The van der Waals surface area contributed by atoms with E-state index in [4.69, 9.17) is 11.6 Å². The van der Waals surface area contributed by atoms with Gasteiger partial charge in [0.05, 0.1) is 6.54 Å². The normalized spacial score (nSPS) is 20.6. The molecule has 1 amide bonds. The van der Waals surface area contributed by atoms with Crippen LogP contribution in [0.5, 0.6) is 0 Å². The van der Waals surface area contributed by atoms with E-state index in [0.29, 0.717) is 12.3 Å². The second kappa shape index (κ2) is 7.09. The summed E-state index contributed by atoms with van der Waals surface area (Å²) < 4.78 is 41.1. The molecule has 0 saturated heterocycles. The first kappa shape index (κ1) is 18.1. The summed E-state index contributed by atoms with van der Waals surface area (Å²) >= 11 is 5.88. The van der Waals surface area contributed by atoms with Crippen molar-refractivity contribution >= 4 is 23.2 Å². The van der Waals surface area contributed by atoms with Crippen LogP contribution in [-0.2, 0) is 4.79 Å². The summed E-state index contributed by atoms with van der Waals surface area (Å²) in [5, 5.41) is 2.76. The van der Waals surface area contributed by atoms with Gasteiger partial charge in [0.1, 0.15) is 6.04 Å². The predicted molar refractivity (Wildman–Crippen MR) is 84.5 cm³/mol. The van der Waals surface area contributed by atoms with Gasteiger partial charge in [0.2, 0.25) is 5.91 Å². The number of carbonyl (C=O) groups is 1. The molecule has 2 atom stereocenters. The summed E-state index contributed by atoms with van der Waals surface area (Å²) in [7, 11) is 0. The van der Waals surface area contributed by atoms with E-state index < -0.39 is 18.1 Å².